The molecule has 0 radical (unpaired) electrons. The van der Waals surface area contributed by atoms with Gasteiger partial charge in [0.2, 0.25) is 0 Å². The highest BCUT2D eigenvalue weighted by Gasteiger charge is 2.31. The predicted octanol–water partition coefficient (Wildman–Crippen LogP) is 8.36. The Balaban J connectivity index is 1.98. The molecule has 0 unspecified atom stereocenters. The summed E-state index contributed by atoms with van der Waals surface area (Å²) in [6.45, 7) is 9.50. The van der Waals surface area contributed by atoms with Crippen molar-refractivity contribution in [1.82, 2.24) is 5.32 Å². The van der Waals surface area contributed by atoms with Gasteiger partial charge in [-0.3, -0.25) is 0 Å². The number of unbranched alkanes of at least 4 members (excludes halogenated alkanes) is 5. The molecule has 0 bridgehead atoms. The van der Waals surface area contributed by atoms with Gasteiger partial charge in [0.05, 0.1) is 18.8 Å². The summed E-state index contributed by atoms with van der Waals surface area (Å²) in [5, 5.41) is 26.9. The van der Waals surface area contributed by atoms with Crippen LogP contribution in [0, 0.1) is 0 Å². The number of amides is 1. The van der Waals surface area contributed by atoms with Gasteiger partial charge >= 0.3 is 6.09 Å². The lowest BCUT2D eigenvalue weighted by Gasteiger charge is -2.30. The van der Waals surface area contributed by atoms with Crippen molar-refractivity contribution in [3.8, 4) is 0 Å². The third-order valence-corrected chi connectivity index (χ3v) is 7.69. The standard InChI is InChI=1S/C33H50N4O4/c1-6-7-8-9-10-11-12-26-13-15-27(16-14-26)17-18-33(22-38,23-39)35-32(40)41-21-28-19-29(24(2)3)31(36-37-34)30(20-28)25(4)5/h13-16,19-20,24-25,38-39H,6-12,17-18,21-23H2,1-5H3,(H,35,40). The number of ether oxygens (including phenoxy) is 1. The topological polar surface area (TPSA) is 128 Å². The summed E-state index contributed by atoms with van der Waals surface area (Å²) in [5.41, 5.74) is 13.5. The lowest BCUT2D eigenvalue weighted by Crippen LogP contribution is -2.54. The van der Waals surface area contributed by atoms with Crippen LogP contribution in [-0.4, -0.2) is 35.1 Å². The Kier molecular flexibility index (Phi) is 14.7. The average Bonchev–Trinajstić information content (AvgIpc) is 2.96. The molecule has 0 saturated heterocycles. The van der Waals surface area contributed by atoms with Crippen molar-refractivity contribution >= 4 is 11.8 Å². The SMILES string of the molecule is CCCCCCCCc1ccc(CCC(CO)(CO)NC(=O)OCc2cc(C(C)C)c(N=[N+]=[N-])c(C(C)C)c2)cc1. The molecule has 0 spiro atoms. The van der Waals surface area contributed by atoms with Crippen LogP contribution in [0.25, 0.3) is 10.4 Å². The highest BCUT2D eigenvalue weighted by molar-refractivity contribution is 5.68. The van der Waals surface area contributed by atoms with E-state index in [0.717, 1.165) is 28.7 Å². The van der Waals surface area contributed by atoms with E-state index in [4.69, 9.17) is 10.3 Å². The molecule has 1 amide bonds. The number of aliphatic hydroxyl groups is 2. The number of alkyl carbamates (subject to hydrolysis) is 1. The van der Waals surface area contributed by atoms with Crippen molar-refractivity contribution < 1.29 is 19.7 Å². The predicted molar refractivity (Wildman–Crippen MR) is 165 cm³/mol. The second kappa shape index (κ2) is 17.7. The van der Waals surface area contributed by atoms with Gasteiger partial charge < -0.3 is 20.3 Å². The fraction of sp³-hybridized carbons (Fsp3) is 0.606. The summed E-state index contributed by atoms with van der Waals surface area (Å²) >= 11 is 0. The molecule has 0 aliphatic rings. The Morgan fingerprint density at radius 2 is 1.44 bits per heavy atom. The van der Waals surface area contributed by atoms with Crippen LogP contribution < -0.4 is 5.32 Å². The number of benzene rings is 2. The first-order chi connectivity index (χ1) is 19.7. The molecule has 8 heteroatoms. The van der Waals surface area contributed by atoms with Gasteiger partial charge in [0.1, 0.15) is 6.61 Å². The monoisotopic (exact) mass is 566 g/mol. The minimum Gasteiger partial charge on any atom is -0.445 e. The van der Waals surface area contributed by atoms with Gasteiger partial charge in [0.25, 0.3) is 0 Å². The number of carbonyl (C=O) groups excluding carboxylic acids is 1. The van der Waals surface area contributed by atoms with Crippen LogP contribution in [0.15, 0.2) is 41.5 Å². The molecular weight excluding hydrogens is 516 g/mol. The van der Waals surface area contributed by atoms with Gasteiger partial charge in [-0.15, -0.1) is 0 Å². The van der Waals surface area contributed by atoms with Crippen LogP contribution in [0.3, 0.4) is 0 Å². The van der Waals surface area contributed by atoms with E-state index in [0.29, 0.717) is 18.5 Å². The minimum atomic E-state index is -1.20. The molecule has 0 heterocycles. The molecule has 0 aliphatic heterocycles. The number of carbonyl (C=O) groups is 1. The number of aliphatic hydroxyl groups excluding tert-OH is 2. The van der Waals surface area contributed by atoms with Gasteiger partial charge in [-0.1, -0.05) is 108 Å². The van der Waals surface area contributed by atoms with Gasteiger partial charge in [-0.05, 0) is 70.9 Å². The maximum absolute atomic E-state index is 12.8. The highest BCUT2D eigenvalue weighted by atomic mass is 16.5. The molecule has 8 nitrogen and oxygen atoms in total. The number of rotatable bonds is 18. The second-order valence-corrected chi connectivity index (χ2v) is 11.8. The maximum Gasteiger partial charge on any atom is 0.408 e. The fourth-order valence-corrected chi connectivity index (χ4v) is 4.99. The number of aryl methyl sites for hydroxylation is 2. The zero-order valence-electron chi connectivity index (χ0n) is 25.7. The smallest absolute Gasteiger partial charge is 0.408 e. The molecule has 41 heavy (non-hydrogen) atoms. The Bertz CT molecular complexity index is 1090. The largest absolute Gasteiger partial charge is 0.445 e. The molecule has 0 aromatic heterocycles. The Hall–Kier alpha value is -3.06. The van der Waals surface area contributed by atoms with Crippen LogP contribution >= 0.6 is 0 Å². The number of hydrogen-bond acceptors (Lipinski definition) is 5. The molecule has 2 aromatic carbocycles. The molecule has 226 valence electrons. The van der Waals surface area contributed by atoms with E-state index in [2.05, 4.69) is 46.5 Å². The van der Waals surface area contributed by atoms with E-state index in [1.54, 1.807) is 0 Å². The third kappa shape index (κ3) is 11.0. The van der Waals surface area contributed by atoms with Crippen molar-refractivity contribution in [2.75, 3.05) is 13.2 Å². The van der Waals surface area contributed by atoms with Gasteiger partial charge in [-0.2, -0.15) is 0 Å². The van der Waals surface area contributed by atoms with E-state index in [1.165, 1.54) is 44.1 Å². The van der Waals surface area contributed by atoms with E-state index < -0.39 is 24.8 Å². The lowest BCUT2D eigenvalue weighted by molar-refractivity contribution is 0.0676. The number of nitrogens with one attached hydrogen (secondary N) is 1. The molecular formula is C33H50N4O4. The number of hydrogen-bond donors (Lipinski definition) is 3. The van der Waals surface area contributed by atoms with Crippen molar-refractivity contribution in [2.45, 2.75) is 116 Å². The van der Waals surface area contributed by atoms with Crippen molar-refractivity contribution in [1.29, 1.82) is 0 Å². The summed E-state index contributed by atoms with van der Waals surface area (Å²) in [7, 11) is 0. The quantitative estimate of drug-likeness (QED) is 0.0724. The van der Waals surface area contributed by atoms with Crippen LogP contribution in [0.4, 0.5) is 10.5 Å². The van der Waals surface area contributed by atoms with Crippen molar-refractivity contribution in [3.05, 3.63) is 74.7 Å². The van der Waals surface area contributed by atoms with Crippen molar-refractivity contribution in [3.63, 3.8) is 0 Å². The molecule has 0 fully saturated rings. The Morgan fingerprint density at radius 1 is 0.902 bits per heavy atom. The van der Waals surface area contributed by atoms with E-state index in [-0.39, 0.29) is 18.4 Å². The normalized spacial score (nSPS) is 11.5. The maximum atomic E-state index is 12.8. The number of nitrogens with zero attached hydrogens (tertiary/aromatic N) is 3. The fourth-order valence-electron chi connectivity index (χ4n) is 4.99. The van der Waals surface area contributed by atoms with Crippen LogP contribution in [-0.2, 0) is 24.2 Å². The van der Waals surface area contributed by atoms with Crippen LogP contribution in [0.1, 0.15) is 119 Å². The summed E-state index contributed by atoms with van der Waals surface area (Å²) in [4.78, 5) is 15.8. The average molecular weight is 567 g/mol. The van der Waals surface area contributed by atoms with Crippen LogP contribution in [0.5, 0.6) is 0 Å². The second-order valence-electron chi connectivity index (χ2n) is 11.8. The van der Waals surface area contributed by atoms with E-state index >= 15 is 0 Å². The first-order valence-electron chi connectivity index (χ1n) is 15.1. The molecule has 2 aromatic rings. The Morgan fingerprint density at radius 3 is 1.95 bits per heavy atom. The van der Waals surface area contributed by atoms with Gasteiger partial charge in [0, 0.05) is 10.6 Å². The number of azide groups is 1. The highest BCUT2D eigenvalue weighted by Crippen LogP contribution is 2.36. The van der Waals surface area contributed by atoms with Crippen LogP contribution in [0.2, 0.25) is 0 Å². The zero-order valence-corrected chi connectivity index (χ0v) is 25.7. The summed E-state index contributed by atoms with van der Waals surface area (Å²) < 4.78 is 5.52. The van der Waals surface area contributed by atoms with E-state index in [9.17, 15) is 15.0 Å². The summed E-state index contributed by atoms with van der Waals surface area (Å²) in [6.07, 6.45) is 8.97. The molecule has 2 rings (SSSR count). The molecule has 0 aliphatic carbocycles. The first-order valence-corrected chi connectivity index (χ1v) is 15.1. The molecule has 0 atom stereocenters. The Labute approximate surface area is 246 Å². The molecule has 0 saturated carbocycles. The first kappa shape index (κ1) is 34.1. The summed E-state index contributed by atoms with van der Waals surface area (Å²) in [6, 6.07) is 12.3. The van der Waals surface area contributed by atoms with Gasteiger partial charge in [0.15, 0.2) is 0 Å². The van der Waals surface area contributed by atoms with E-state index in [1.807, 2.05) is 39.8 Å². The lowest BCUT2D eigenvalue weighted by atomic mass is 9.90. The zero-order chi connectivity index (χ0) is 30.3. The summed E-state index contributed by atoms with van der Waals surface area (Å²) in [5.74, 6) is 0.227. The van der Waals surface area contributed by atoms with Gasteiger partial charge in [-0.25, -0.2) is 4.79 Å². The molecule has 3 N–H and O–H groups in total. The van der Waals surface area contributed by atoms with Crippen molar-refractivity contribution in [2.24, 2.45) is 5.11 Å². The third-order valence-electron chi connectivity index (χ3n) is 7.69. The minimum absolute atomic E-state index is 0.00875.